The smallest absolute Gasteiger partial charge is 0.225 e. The third-order valence-corrected chi connectivity index (χ3v) is 5.55. The van der Waals surface area contributed by atoms with Gasteiger partial charge in [-0.2, -0.15) is 0 Å². The fraction of sp³-hybridized carbons (Fsp3) is 0.240. The Morgan fingerprint density at radius 3 is 2.55 bits per heavy atom. The van der Waals surface area contributed by atoms with Gasteiger partial charge in [-0.25, -0.2) is 0 Å². The largest absolute Gasteiger partial charge is 0.493 e. The molecule has 0 radical (unpaired) electrons. The van der Waals surface area contributed by atoms with Crippen LogP contribution in [0, 0.1) is 0 Å². The molecule has 158 valence electrons. The number of rotatable bonds is 6. The van der Waals surface area contributed by atoms with E-state index < -0.39 is 5.79 Å². The van der Waals surface area contributed by atoms with Crippen molar-refractivity contribution in [3.05, 3.63) is 84.4 Å². The summed E-state index contributed by atoms with van der Waals surface area (Å²) in [4.78, 5) is 6.53. The van der Waals surface area contributed by atoms with Crippen LogP contribution in [0.1, 0.15) is 18.2 Å². The Morgan fingerprint density at radius 2 is 1.84 bits per heavy atom. The van der Waals surface area contributed by atoms with Crippen LogP contribution in [0.3, 0.4) is 0 Å². The zero-order valence-electron chi connectivity index (χ0n) is 17.6. The van der Waals surface area contributed by atoms with E-state index in [2.05, 4.69) is 34.1 Å². The molecule has 0 spiro atoms. The molecule has 0 aliphatic carbocycles. The van der Waals surface area contributed by atoms with Crippen LogP contribution in [-0.2, 0) is 21.8 Å². The summed E-state index contributed by atoms with van der Waals surface area (Å²) in [6, 6.07) is 20.3. The summed E-state index contributed by atoms with van der Waals surface area (Å²) in [5.41, 5.74) is 3.85. The maximum Gasteiger partial charge on any atom is 0.225 e. The SMILES string of the molecule is COc1ccc(N(Cc2cccnc2)c2ccccc2)c2cc(C3(C)OCCO3)oc12. The topological polar surface area (TPSA) is 57.0 Å². The van der Waals surface area contributed by atoms with E-state index in [1.54, 1.807) is 13.3 Å². The van der Waals surface area contributed by atoms with Gasteiger partial charge in [0.05, 0.1) is 26.0 Å². The van der Waals surface area contributed by atoms with Crippen molar-refractivity contribution in [2.75, 3.05) is 25.2 Å². The highest BCUT2D eigenvalue weighted by Crippen LogP contribution is 2.43. The fourth-order valence-electron chi connectivity index (χ4n) is 3.96. The molecule has 0 atom stereocenters. The van der Waals surface area contributed by atoms with Crippen LogP contribution in [0.2, 0.25) is 0 Å². The summed E-state index contributed by atoms with van der Waals surface area (Å²) in [6.07, 6.45) is 3.67. The zero-order valence-corrected chi connectivity index (χ0v) is 17.6. The van der Waals surface area contributed by atoms with Gasteiger partial charge >= 0.3 is 0 Å². The second-order valence-electron chi connectivity index (χ2n) is 7.57. The van der Waals surface area contributed by atoms with Crippen LogP contribution in [0.4, 0.5) is 11.4 Å². The number of aromatic nitrogens is 1. The molecule has 31 heavy (non-hydrogen) atoms. The molecule has 4 aromatic rings. The van der Waals surface area contributed by atoms with Crippen LogP contribution in [-0.4, -0.2) is 25.3 Å². The summed E-state index contributed by atoms with van der Waals surface area (Å²) in [7, 11) is 1.64. The molecule has 5 rings (SSSR count). The highest BCUT2D eigenvalue weighted by molar-refractivity contribution is 5.97. The van der Waals surface area contributed by atoms with E-state index >= 15 is 0 Å². The summed E-state index contributed by atoms with van der Waals surface area (Å²) in [6.45, 7) is 3.61. The van der Waals surface area contributed by atoms with Crippen molar-refractivity contribution in [2.24, 2.45) is 0 Å². The fourth-order valence-corrected chi connectivity index (χ4v) is 3.96. The summed E-state index contributed by atoms with van der Waals surface area (Å²) < 4.78 is 23.5. The second kappa shape index (κ2) is 8.06. The quantitative estimate of drug-likeness (QED) is 0.420. The monoisotopic (exact) mass is 416 g/mol. The van der Waals surface area contributed by atoms with Crippen molar-refractivity contribution < 1.29 is 18.6 Å². The van der Waals surface area contributed by atoms with Gasteiger partial charge in [0.25, 0.3) is 0 Å². The number of fused-ring (bicyclic) bond motifs is 1. The Labute approximate surface area is 181 Å². The van der Waals surface area contributed by atoms with E-state index in [0.29, 0.717) is 36.9 Å². The standard InChI is InChI=1S/C25H24N2O4/c1-25(29-13-14-30-25)23-15-20-21(10-11-22(28-2)24(20)31-23)27(19-8-4-3-5-9-19)17-18-7-6-12-26-16-18/h3-12,15-16H,13-14,17H2,1-2H3. The zero-order chi connectivity index (χ0) is 21.3. The van der Waals surface area contributed by atoms with Gasteiger partial charge in [0.1, 0.15) is 0 Å². The Hall–Kier alpha value is -3.35. The lowest BCUT2D eigenvalue weighted by Gasteiger charge is -2.26. The molecule has 2 aromatic carbocycles. The summed E-state index contributed by atoms with van der Waals surface area (Å²) in [5.74, 6) is 0.392. The Morgan fingerprint density at radius 1 is 1.03 bits per heavy atom. The van der Waals surface area contributed by atoms with Crippen molar-refractivity contribution in [1.29, 1.82) is 0 Å². The van der Waals surface area contributed by atoms with E-state index in [4.69, 9.17) is 18.6 Å². The first-order valence-electron chi connectivity index (χ1n) is 10.3. The molecule has 0 amide bonds. The van der Waals surface area contributed by atoms with E-state index in [1.165, 1.54) is 0 Å². The molecule has 6 heteroatoms. The van der Waals surface area contributed by atoms with Gasteiger partial charge in [0.2, 0.25) is 5.79 Å². The van der Waals surface area contributed by atoms with Gasteiger partial charge in [-0.3, -0.25) is 4.98 Å². The lowest BCUT2D eigenvalue weighted by atomic mass is 10.1. The number of hydrogen-bond acceptors (Lipinski definition) is 6. The molecule has 1 fully saturated rings. The Balaban J connectivity index is 1.67. The van der Waals surface area contributed by atoms with Crippen LogP contribution < -0.4 is 9.64 Å². The van der Waals surface area contributed by atoms with Crippen molar-refractivity contribution in [3.63, 3.8) is 0 Å². The van der Waals surface area contributed by atoms with Crippen molar-refractivity contribution in [3.8, 4) is 5.75 Å². The molecule has 0 N–H and O–H groups in total. The predicted octanol–water partition coefficient (Wildman–Crippen LogP) is 5.39. The third-order valence-electron chi connectivity index (χ3n) is 5.55. The molecule has 2 aromatic heterocycles. The van der Waals surface area contributed by atoms with E-state index in [-0.39, 0.29) is 0 Å². The lowest BCUT2D eigenvalue weighted by molar-refractivity contribution is -0.162. The second-order valence-corrected chi connectivity index (χ2v) is 7.57. The number of furan rings is 1. The highest BCUT2D eigenvalue weighted by Gasteiger charge is 2.37. The summed E-state index contributed by atoms with van der Waals surface area (Å²) >= 11 is 0. The normalized spacial score (nSPS) is 15.3. The first-order valence-corrected chi connectivity index (χ1v) is 10.3. The van der Waals surface area contributed by atoms with Crippen LogP contribution in [0.5, 0.6) is 5.75 Å². The van der Waals surface area contributed by atoms with Crippen molar-refractivity contribution >= 4 is 22.3 Å². The molecule has 0 unspecified atom stereocenters. The van der Waals surface area contributed by atoms with Gasteiger partial charge in [-0.1, -0.05) is 24.3 Å². The number of methoxy groups -OCH3 is 1. The van der Waals surface area contributed by atoms with E-state index in [1.807, 2.05) is 49.5 Å². The number of ether oxygens (including phenoxy) is 3. The molecule has 1 aliphatic heterocycles. The average molecular weight is 416 g/mol. The summed E-state index contributed by atoms with van der Waals surface area (Å²) in [5, 5.41) is 0.933. The third kappa shape index (κ3) is 3.65. The number of para-hydroxylation sites is 1. The van der Waals surface area contributed by atoms with Crippen molar-refractivity contribution in [2.45, 2.75) is 19.3 Å². The van der Waals surface area contributed by atoms with Gasteiger partial charge < -0.3 is 23.5 Å². The molecule has 0 saturated carbocycles. The Bertz CT molecular complexity index is 1170. The number of hydrogen-bond donors (Lipinski definition) is 0. The molecule has 0 bridgehead atoms. The van der Waals surface area contributed by atoms with Gasteiger partial charge in [0.15, 0.2) is 17.1 Å². The minimum Gasteiger partial charge on any atom is -0.493 e. The Kier molecular flexibility index (Phi) is 5.10. The maximum absolute atomic E-state index is 6.24. The minimum absolute atomic E-state index is 0.536. The van der Waals surface area contributed by atoms with Gasteiger partial charge in [-0.15, -0.1) is 0 Å². The van der Waals surface area contributed by atoms with Gasteiger partial charge in [-0.05, 0) is 48.9 Å². The molecular weight excluding hydrogens is 392 g/mol. The predicted molar refractivity (Wildman–Crippen MR) is 119 cm³/mol. The van der Waals surface area contributed by atoms with Crippen LogP contribution in [0.15, 0.2) is 77.5 Å². The van der Waals surface area contributed by atoms with Crippen LogP contribution in [0.25, 0.3) is 11.0 Å². The molecular formula is C25H24N2O4. The number of anilines is 2. The number of benzene rings is 2. The van der Waals surface area contributed by atoms with E-state index in [9.17, 15) is 0 Å². The molecule has 1 saturated heterocycles. The molecule has 3 heterocycles. The first-order chi connectivity index (χ1) is 15.2. The number of nitrogens with zero attached hydrogens (tertiary/aromatic N) is 2. The highest BCUT2D eigenvalue weighted by atomic mass is 16.7. The maximum atomic E-state index is 6.24. The lowest BCUT2D eigenvalue weighted by Crippen LogP contribution is -2.21. The number of pyridine rings is 1. The average Bonchev–Trinajstić information content (AvgIpc) is 3.46. The molecule has 1 aliphatic rings. The van der Waals surface area contributed by atoms with Crippen molar-refractivity contribution in [1.82, 2.24) is 4.98 Å². The van der Waals surface area contributed by atoms with Gasteiger partial charge in [0, 0.05) is 30.0 Å². The molecule has 6 nitrogen and oxygen atoms in total. The first kappa shape index (κ1) is 19.6. The minimum atomic E-state index is -0.901. The van der Waals surface area contributed by atoms with E-state index in [0.717, 1.165) is 22.3 Å². The van der Waals surface area contributed by atoms with Crippen LogP contribution >= 0.6 is 0 Å².